The fourth-order valence-corrected chi connectivity index (χ4v) is 3.86. The van der Waals surface area contributed by atoms with Gasteiger partial charge in [-0.05, 0) is 30.3 Å². The number of rotatable bonds is 8. The highest BCUT2D eigenvalue weighted by atomic mass is 32.2. The van der Waals surface area contributed by atoms with E-state index in [0.29, 0.717) is 33.9 Å². The predicted octanol–water partition coefficient (Wildman–Crippen LogP) is 1.53. The topological polar surface area (TPSA) is 92.2 Å². The second-order valence-corrected chi connectivity index (χ2v) is 8.15. The van der Waals surface area contributed by atoms with Gasteiger partial charge in [-0.2, -0.15) is 5.26 Å². The maximum atomic E-state index is 13.0. The molecule has 30 heavy (non-hydrogen) atoms. The third-order valence-electron chi connectivity index (χ3n) is 4.49. The summed E-state index contributed by atoms with van der Waals surface area (Å²) in [5.41, 5.74) is 1.59. The molecular formula is C22H24N5O2S+. The van der Waals surface area contributed by atoms with Crippen LogP contribution in [0.3, 0.4) is 0 Å². The van der Waals surface area contributed by atoms with Gasteiger partial charge in [-0.3, -0.25) is 14.2 Å². The second-order valence-electron chi connectivity index (χ2n) is 7.21. The normalized spacial score (nSPS) is 10.9. The van der Waals surface area contributed by atoms with E-state index in [1.807, 2.05) is 18.2 Å². The summed E-state index contributed by atoms with van der Waals surface area (Å²) in [5.74, 6) is -0.109. The summed E-state index contributed by atoms with van der Waals surface area (Å²) in [4.78, 5) is 31.4. The van der Waals surface area contributed by atoms with Crippen LogP contribution in [0.1, 0.15) is 12.0 Å². The minimum absolute atomic E-state index is 0.0843. The number of hydrogen-bond acceptors (Lipinski definition) is 5. The molecule has 0 aliphatic carbocycles. The van der Waals surface area contributed by atoms with Gasteiger partial charge < -0.3 is 10.2 Å². The number of anilines is 1. The van der Waals surface area contributed by atoms with Crippen molar-refractivity contribution in [2.45, 2.75) is 18.1 Å². The number of quaternary nitrogens is 1. The largest absolute Gasteiger partial charge is 0.340 e. The molecule has 0 spiro atoms. The number of hydrogen-bond donors (Lipinski definition) is 2. The SMILES string of the molecule is C[NH+](C)CCCn1c(SCC(=O)Nc2cccc(C#N)c2)nc2ccccc2c1=O. The molecule has 1 amide bonds. The monoisotopic (exact) mass is 422 g/mol. The van der Waals surface area contributed by atoms with Gasteiger partial charge in [0.2, 0.25) is 5.91 Å². The van der Waals surface area contributed by atoms with Crippen LogP contribution in [0.25, 0.3) is 10.9 Å². The first kappa shape index (κ1) is 21.6. The van der Waals surface area contributed by atoms with Gasteiger partial charge in [0.25, 0.3) is 5.56 Å². The van der Waals surface area contributed by atoms with Gasteiger partial charge in [-0.1, -0.05) is 30.0 Å². The molecule has 0 aliphatic heterocycles. The highest BCUT2D eigenvalue weighted by Gasteiger charge is 2.14. The summed E-state index contributed by atoms with van der Waals surface area (Å²) in [6.07, 6.45) is 0.836. The number of benzene rings is 2. The molecule has 0 saturated carbocycles. The Morgan fingerprint density at radius 3 is 2.80 bits per heavy atom. The van der Waals surface area contributed by atoms with E-state index in [9.17, 15) is 9.59 Å². The molecule has 3 rings (SSSR count). The molecular weight excluding hydrogens is 398 g/mol. The lowest BCUT2D eigenvalue weighted by molar-refractivity contribution is -0.858. The Morgan fingerprint density at radius 1 is 1.23 bits per heavy atom. The van der Waals surface area contributed by atoms with Gasteiger partial charge in [-0.15, -0.1) is 0 Å². The lowest BCUT2D eigenvalue weighted by Crippen LogP contribution is -3.05. The summed E-state index contributed by atoms with van der Waals surface area (Å²) in [6.45, 7) is 1.48. The van der Waals surface area contributed by atoms with E-state index in [1.54, 1.807) is 34.9 Å². The van der Waals surface area contributed by atoms with E-state index in [4.69, 9.17) is 5.26 Å². The zero-order chi connectivity index (χ0) is 21.5. The number of fused-ring (bicyclic) bond motifs is 1. The van der Waals surface area contributed by atoms with Crippen molar-refractivity contribution in [3.05, 3.63) is 64.4 Å². The average Bonchev–Trinajstić information content (AvgIpc) is 2.74. The van der Waals surface area contributed by atoms with E-state index in [1.165, 1.54) is 16.7 Å². The minimum Gasteiger partial charge on any atom is -0.340 e. The molecule has 0 bridgehead atoms. The van der Waals surface area contributed by atoms with E-state index in [-0.39, 0.29) is 17.2 Å². The summed E-state index contributed by atoms with van der Waals surface area (Å²) in [5, 5.41) is 12.9. The number of thioether (sulfide) groups is 1. The van der Waals surface area contributed by atoms with Crippen LogP contribution in [0.4, 0.5) is 5.69 Å². The van der Waals surface area contributed by atoms with E-state index in [2.05, 4.69) is 30.5 Å². The molecule has 0 fully saturated rings. The number of nitrogens with zero attached hydrogens (tertiary/aromatic N) is 3. The first-order valence-electron chi connectivity index (χ1n) is 9.69. The Bertz CT molecular complexity index is 1150. The number of nitriles is 1. The summed E-state index contributed by atoms with van der Waals surface area (Å²) in [6, 6.07) is 16.1. The average molecular weight is 423 g/mol. The van der Waals surface area contributed by atoms with Gasteiger partial charge in [0.15, 0.2) is 5.16 Å². The summed E-state index contributed by atoms with van der Waals surface area (Å²) in [7, 11) is 4.14. The first-order chi connectivity index (χ1) is 14.5. The molecule has 1 aromatic heterocycles. The number of amides is 1. The maximum Gasteiger partial charge on any atom is 0.262 e. The van der Waals surface area contributed by atoms with Crippen molar-refractivity contribution in [1.29, 1.82) is 5.26 Å². The van der Waals surface area contributed by atoms with Gasteiger partial charge in [-0.25, -0.2) is 4.98 Å². The molecule has 0 unspecified atom stereocenters. The van der Waals surface area contributed by atoms with Gasteiger partial charge >= 0.3 is 0 Å². The van der Waals surface area contributed by atoms with E-state index < -0.39 is 0 Å². The van der Waals surface area contributed by atoms with Gasteiger partial charge in [0, 0.05) is 18.7 Å². The quantitative estimate of drug-likeness (QED) is 0.424. The number of para-hydroxylation sites is 1. The number of aromatic nitrogens is 2. The molecule has 2 N–H and O–H groups in total. The van der Waals surface area contributed by atoms with Crippen molar-refractivity contribution in [2.24, 2.45) is 0 Å². The van der Waals surface area contributed by atoms with Gasteiger partial charge in [0.05, 0.1) is 48.9 Å². The minimum atomic E-state index is -0.221. The highest BCUT2D eigenvalue weighted by molar-refractivity contribution is 7.99. The van der Waals surface area contributed by atoms with Crippen LogP contribution < -0.4 is 15.8 Å². The highest BCUT2D eigenvalue weighted by Crippen LogP contribution is 2.19. The molecule has 8 heteroatoms. The molecule has 7 nitrogen and oxygen atoms in total. The van der Waals surface area contributed by atoms with Crippen molar-refractivity contribution in [3.63, 3.8) is 0 Å². The van der Waals surface area contributed by atoms with Crippen LogP contribution in [-0.2, 0) is 11.3 Å². The first-order valence-corrected chi connectivity index (χ1v) is 10.7. The van der Waals surface area contributed by atoms with Crippen molar-refractivity contribution in [1.82, 2.24) is 9.55 Å². The third-order valence-corrected chi connectivity index (χ3v) is 5.47. The van der Waals surface area contributed by atoms with Gasteiger partial charge in [0.1, 0.15) is 0 Å². The molecule has 0 atom stereocenters. The number of carbonyl (C=O) groups excluding carboxylic acids is 1. The van der Waals surface area contributed by atoms with Crippen molar-refractivity contribution >= 4 is 34.3 Å². The molecule has 0 saturated heterocycles. The Morgan fingerprint density at radius 2 is 2.03 bits per heavy atom. The molecule has 1 heterocycles. The zero-order valence-electron chi connectivity index (χ0n) is 17.0. The van der Waals surface area contributed by atoms with Crippen molar-refractivity contribution in [3.8, 4) is 6.07 Å². The standard InChI is InChI=1S/C22H23N5O2S/c1-26(2)11-6-12-27-21(29)18-9-3-4-10-19(18)25-22(27)30-15-20(28)24-17-8-5-7-16(13-17)14-23/h3-5,7-10,13H,6,11-12,15H2,1-2H3,(H,24,28)/p+1. The Balaban J connectivity index is 1.78. The smallest absolute Gasteiger partial charge is 0.262 e. The van der Waals surface area contributed by atoms with Crippen LogP contribution in [0.15, 0.2) is 58.5 Å². The fourth-order valence-electron chi connectivity index (χ4n) is 3.04. The van der Waals surface area contributed by atoms with Crippen LogP contribution in [0, 0.1) is 11.3 Å². The molecule has 2 aromatic carbocycles. The maximum absolute atomic E-state index is 13.0. The lowest BCUT2D eigenvalue weighted by Gasteiger charge is -2.14. The Kier molecular flexibility index (Phi) is 7.22. The van der Waals surface area contributed by atoms with E-state index >= 15 is 0 Å². The molecule has 3 aromatic rings. The van der Waals surface area contributed by atoms with Crippen LogP contribution in [0.5, 0.6) is 0 Å². The van der Waals surface area contributed by atoms with Crippen molar-refractivity contribution in [2.75, 3.05) is 31.7 Å². The summed E-state index contributed by atoms with van der Waals surface area (Å²) >= 11 is 1.24. The van der Waals surface area contributed by atoms with Crippen molar-refractivity contribution < 1.29 is 9.69 Å². The van der Waals surface area contributed by atoms with Crippen LogP contribution in [-0.4, -0.2) is 41.9 Å². The Labute approximate surface area is 179 Å². The number of nitrogens with one attached hydrogen (secondary N) is 2. The third kappa shape index (κ3) is 5.47. The molecule has 154 valence electrons. The molecule has 0 radical (unpaired) electrons. The van der Waals surface area contributed by atoms with Crippen LogP contribution in [0.2, 0.25) is 0 Å². The zero-order valence-corrected chi connectivity index (χ0v) is 17.8. The second kappa shape index (κ2) is 10.1. The summed E-state index contributed by atoms with van der Waals surface area (Å²) < 4.78 is 1.67. The van der Waals surface area contributed by atoms with E-state index in [0.717, 1.165) is 13.0 Å². The molecule has 0 aliphatic rings. The Hall–Kier alpha value is -3.15. The fraction of sp³-hybridized carbons (Fsp3) is 0.273. The lowest BCUT2D eigenvalue weighted by atomic mass is 10.2. The predicted molar refractivity (Wildman–Crippen MR) is 119 cm³/mol. The number of carbonyl (C=O) groups is 1. The van der Waals surface area contributed by atoms with Crippen LogP contribution >= 0.6 is 11.8 Å².